The van der Waals surface area contributed by atoms with Gasteiger partial charge in [0.15, 0.2) is 5.16 Å². The third kappa shape index (κ3) is 3.91. The molecule has 0 aliphatic heterocycles. The first-order valence-corrected chi connectivity index (χ1v) is 7.38. The fourth-order valence-corrected chi connectivity index (χ4v) is 2.13. The Morgan fingerprint density at radius 2 is 2.25 bits per heavy atom. The highest BCUT2D eigenvalue weighted by atomic mass is 32.2. The summed E-state index contributed by atoms with van der Waals surface area (Å²) in [7, 11) is 0. The highest BCUT2D eigenvalue weighted by Crippen LogP contribution is 2.20. The molecule has 0 aliphatic carbocycles. The highest BCUT2D eigenvalue weighted by Gasteiger charge is 2.11. The Labute approximate surface area is 121 Å². The van der Waals surface area contributed by atoms with Crippen molar-refractivity contribution in [2.24, 2.45) is 0 Å². The van der Waals surface area contributed by atoms with Crippen molar-refractivity contribution in [3.8, 4) is 5.95 Å². The van der Waals surface area contributed by atoms with Gasteiger partial charge in [0.25, 0.3) is 5.95 Å². The number of rotatable bonds is 7. The van der Waals surface area contributed by atoms with Gasteiger partial charge in [0, 0.05) is 24.2 Å². The number of nitrogens with zero attached hydrogens (tertiary/aromatic N) is 5. The lowest BCUT2D eigenvalue weighted by Crippen LogP contribution is -2.12. The fraction of sp³-hybridized carbons (Fsp3) is 0.500. The van der Waals surface area contributed by atoms with E-state index in [0.717, 1.165) is 13.0 Å². The van der Waals surface area contributed by atoms with Crippen LogP contribution in [0.4, 0.5) is 5.95 Å². The quantitative estimate of drug-likeness (QED) is 0.745. The fourth-order valence-electron chi connectivity index (χ4n) is 1.42. The van der Waals surface area contributed by atoms with Gasteiger partial charge in [-0.25, -0.2) is 4.68 Å². The Hall–Kier alpha value is -1.67. The van der Waals surface area contributed by atoms with Crippen molar-refractivity contribution < 1.29 is 5.11 Å². The van der Waals surface area contributed by atoms with Crippen LogP contribution in [0.3, 0.4) is 0 Å². The number of hydrogen-bond acceptors (Lipinski definition) is 7. The number of anilines is 1. The monoisotopic (exact) mass is 294 g/mol. The van der Waals surface area contributed by atoms with Crippen molar-refractivity contribution in [2.75, 3.05) is 18.5 Å². The summed E-state index contributed by atoms with van der Waals surface area (Å²) >= 11 is 1.41. The maximum atomic E-state index is 9.13. The molecule has 0 aromatic carbocycles. The molecule has 0 spiro atoms. The second-order valence-electron chi connectivity index (χ2n) is 4.23. The maximum Gasteiger partial charge on any atom is 0.256 e. The Balaban J connectivity index is 2.28. The third-order valence-electron chi connectivity index (χ3n) is 2.41. The van der Waals surface area contributed by atoms with E-state index in [1.165, 1.54) is 11.8 Å². The summed E-state index contributed by atoms with van der Waals surface area (Å²) in [5, 5.41) is 17.0. The van der Waals surface area contributed by atoms with E-state index in [0.29, 0.717) is 17.1 Å². The molecular weight excluding hydrogens is 276 g/mol. The minimum Gasteiger partial charge on any atom is -0.395 e. The summed E-state index contributed by atoms with van der Waals surface area (Å²) in [6.07, 6.45) is 4.44. The van der Waals surface area contributed by atoms with E-state index in [1.807, 2.05) is 13.0 Å². The van der Waals surface area contributed by atoms with E-state index in [-0.39, 0.29) is 11.9 Å². The van der Waals surface area contributed by atoms with E-state index >= 15 is 0 Å². The molecule has 8 heteroatoms. The lowest BCUT2D eigenvalue weighted by Gasteiger charge is -2.10. The van der Waals surface area contributed by atoms with E-state index in [4.69, 9.17) is 5.11 Å². The molecule has 0 bridgehead atoms. The lowest BCUT2D eigenvalue weighted by atomic mass is 10.5. The average molecular weight is 294 g/mol. The van der Waals surface area contributed by atoms with Crippen LogP contribution < -0.4 is 5.32 Å². The van der Waals surface area contributed by atoms with E-state index in [9.17, 15) is 0 Å². The molecule has 7 nitrogen and oxygen atoms in total. The second kappa shape index (κ2) is 7.20. The third-order valence-corrected chi connectivity index (χ3v) is 3.35. The number of thioether (sulfide) groups is 1. The second-order valence-corrected chi connectivity index (χ2v) is 5.64. The summed E-state index contributed by atoms with van der Waals surface area (Å²) < 4.78 is 1.59. The molecule has 2 heterocycles. The van der Waals surface area contributed by atoms with Crippen molar-refractivity contribution in [1.82, 2.24) is 24.7 Å². The highest BCUT2D eigenvalue weighted by molar-refractivity contribution is 7.99. The van der Waals surface area contributed by atoms with Crippen LogP contribution in [0.1, 0.15) is 20.3 Å². The standard InChI is InChI=1S/C12H18N6OS/c1-3-5-13-10-15-11(18-7-4-6-14-18)17-12(16-10)20-9(2)8-19/h4,6-7,9,19H,3,5,8H2,1-2H3,(H,13,15,16,17). The predicted molar refractivity (Wildman–Crippen MR) is 78.1 cm³/mol. The Bertz CT molecular complexity index is 533. The van der Waals surface area contributed by atoms with Gasteiger partial charge in [-0.3, -0.25) is 0 Å². The van der Waals surface area contributed by atoms with Gasteiger partial charge in [-0.1, -0.05) is 25.6 Å². The van der Waals surface area contributed by atoms with E-state index in [2.05, 4.69) is 32.3 Å². The van der Waals surface area contributed by atoms with Crippen molar-refractivity contribution in [3.63, 3.8) is 0 Å². The zero-order chi connectivity index (χ0) is 14.4. The topological polar surface area (TPSA) is 88.8 Å². The van der Waals surface area contributed by atoms with Crippen LogP contribution in [-0.4, -0.2) is 48.2 Å². The van der Waals surface area contributed by atoms with Gasteiger partial charge in [-0.2, -0.15) is 20.1 Å². The minimum absolute atomic E-state index is 0.0295. The van der Waals surface area contributed by atoms with Crippen molar-refractivity contribution in [3.05, 3.63) is 18.5 Å². The summed E-state index contributed by atoms with van der Waals surface area (Å²) in [6, 6.07) is 1.81. The van der Waals surface area contributed by atoms with Gasteiger partial charge in [0.05, 0.1) is 6.61 Å². The molecule has 108 valence electrons. The molecule has 0 radical (unpaired) electrons. The van der Waals surface area contributed by atoms with Gasteiger partial charge in [-0.05, 0) is 12.5 Å². The van der Waals surface area contributed by atoms with E-state index in [1.54, 1.807) is 17.1 Å². The number of aliphatic hydroxyl groups excluding tert-OH is 1. The number of aromatic nitrogens is 5. The molecule has 1 atom stereocenters. The number of hydrogen-bond donors (Lipinski definition) is 2. The average Bonchev–Trinajstić information content (AvgIpc) is 2.99. The normalized spacial score (nSPS) is 12.3. The van der Waals surface area contributed by atoms with Gasteiger partial charge in [0.2, 0.25) is 5.95 Å². The summed E-state index contributed by atoms with van der Waals surface area (Å²) in [5.41, 5.74) is 0. The first-order chi connectivity index (χ1) is 9.72. The molecule has 0 amide bonds. The molecule has 20 heavy (non-hydrogen) atoms. The molecule has 0 aliphatic rings. The van der Waals surface area contributed by atoms with Gasteiger partial charge in [-0.15, -0.1) is 0 Å². The first-order valence-electron chi connectivity index (χ1n) is 6.50. The van der Waals surface area contributed by atoms with Crippen molar-refractivity contribution in [1.29, 1.82) is 0 Å². The lowest BCUT2D eigenvalue weighted by molar-refractivity contribution is 0.300. The molecule has 0 saturated heterocycles. The molecule has 1 unspecified atom stereocenters. The first kappa shape index (κ1) is 14.7. The molecule has 2 N–H and O–H groups in total. The van der Waals surface area contributed by atoms with Crippen LogP contribution in [0.5, 0.6) is 0 Å². The summed E-state index contributed by atoms with van der Waals surface area (Å²) in [5.74, 6) is 0.997. The zero-order valence-corrected chi connectivity index (χ0v) is 12.3. The number of nitrogens with one attached hydrogen (secondary N) is 1. The van der Waals surface area contributed by atoms with Crippen molar-refractivity contribution >= 4 is 17.7 Å². The van der Waals surface area contributed by atoms with Crippen LogP contribution in [0.15, 0.2) is 23.6 Å². The smallest absolute Gasteiger partial charge is 0.256 e. The van der Waals surface area contributed by atoms with Crippen LogP contribution >= 0.6 is 11.8 Å². The van der Waals surface area contributed by atoms with Gasteiger partial charge >= 0.3 is 0 Å². The Morgan fingerprint density at radius 3 is 2.90 bits per heavy atom. The predicted octanol–water partition coefficient (Wildman–Crippen LogP) is 1.35. The Morgan fingerprint density at radius 1 is 1.40 bits per heavy atom. The van der Waals surface area contributed by atoms with Crippen LogP contribution in [0, 0.1) is 0 Å². The molecule has 2 aromatic rings. The van der Waals surface area contributed by atoms with Gasteiger partial charge in [0.1, 0.15) is 0 Å². The summed E-state index contributed by atoms with van der Waals surface area (Å²) in [6.45, 7) is 4.86. The van der Waals surface area contributed by atoms with Crippen molar-refractivity contribution in [2.45, 2.75) is 30.7 Å². The SMILES string of the molecule is CCCNc1nc(SC(C)CO)nc(-n2cccn2)n1. The number of aliphatic hydroxyl groups is 1. The zero-order valence-electron chi connectivity index (χ0n) is 11.5. The molecule has 2 aromatic heterocycles. The molecular formula is C12H18N6OS. The molecule has 2 rings (SSSR count). The molecule has 0 fully saturated rings. The van der Waals surface area contributed by atoms with Crippen LogP contribution in [0.2, 0.25) is 0 Å². The van der Waals surface area contributed by atoms with Crippen LogP contribution in [0.25, 0.3) is 5.95 Å². The molecule has 0 saturated carbocycles. The maximum absolute atomic E-state index is 9.13. The largest absolute Gasteiger partial charge is 0.395 e. The summed E-state index contributed by atoms with van der Waals surface area (Å²) in [4.78, 5) is 13.0. The minimum atomic E-state index is 0.0295. The van der Waals surface area contributed by atoms with Crippen LogP contribution in [-0.2, 0) is 0 Å². The van der Waals surface area contributed by atoms with Gasteiger partial charge < -0.3 is 10.4 Å². The Kier molecular flexibility index (Phi) is 5.31. The van der Waals surface area contributed by atoms with E-state index < -0.39 is 0 Å².